The molecule has 0 amide bonds. The maximum absolute atomic E-state index is 12.9. The Morgan fingerprint density at radius 1 is 0.846 bits per heavy atom. The summed E-state index contributed by atoms with van der Waals surface area (Å²) >= 11 is 0. The largest absolute Gasteiger partial charge is 0.650 e. The van der Waals surface area contributed by atoms with Gasteiger partial charge in [-0.3, -0.25) is 14.8 Å². The number of alkyl halides is 6. The summed E-state index contributed by atoms with van der Waals surface area (Å²) < 4.78 is 77.3. The minimum Gasteiger partial charge on any atom is -0.650 e. The summed E-state index contributed by atoms with van der Waals surface area (Å²) in [7, 11) is 0. The fourth-order valence-corrected chi connectivity index (χ4v) is 3.78. The molecular formula is C27H19F6IrN3O2-2. The van der Waals surface area contributed by atoms with E-state index in [0.29, 0.717) is 16.6 Å². The number of aromatic nitrogens is 2. The van der Waals surface area contributed by atoms with Gasteiger partial charge in [-0.15, -0.1) is 36.4 Å². The number of carbonyl (C=O) groups is 1. The van der Waals surface area contributed by atoms with E-state index in [4.69, 9.17) is 5.11 Å². The molecule has 12 heteroatoms. The van der Waals surface area contributed by atoms with Crippen molar-refractivity contribution in [2.45, 2.75) is 31.2 Å². The number of aliphatic carboxylic acids is 1. The molecule has 0 saturated carbocycles. The Bertz CT molecular complexity index is 1320. The van der Waals surface area contributed by atoms with Crippen LogP contribution < -0.4 is 0 Å². The Morgan fingerprint density at radius 3 is 1.85 bits per heavy atom. The molecule has 0 spiro atoms. The molecule has 1 saturated heterocycles. The van der Waals surface area contributed by atoms with Crippen LogP contribution in [-0.2, 0) is 37.3 Å². The van der Waals surface area contributed by atoms with Crippen molar-refractivity contribution >= 4 is 17.0 Å². The number of para-hydroxylation sites is 2. The van der Waals surface area contributed by atoms with E-state index in [0.717, 1.165) is 43.7 Å². The zero-order chi connectivity index (χ0) is 27.5. The van der Waals surface area contributed by atoms with Gasteiger partial charge in [0.15, 0.2) is 0 Å². The number of hydrogen-bond acceptors (Lipinski definition) is 3. The summed E-state index contributed by atoms with van der Waals surface area (Å²) in [6, 6.07) is 16.3. The van der Waals surface area contributed by atoms with E-state index < -0.39 is 35.5 Å². The predicted octanol–water partition coefficient (Wildman–Crippen LogP) is 7.41. The van der Waals surface area contributed by atoms with Crippen molar-refractivity contribution in [3.63, 3.8) is 0 Å². The summed E-state index contributed by atoms with van der Waals surface area (Å²) in [6.45, 7) is 0.733. The molecule has 39 heavy (non-hydrogen) atoms. The van der Waals surface area contributed by atoms with Crippen LogP contribution in [-0.4, -0.2) is 33.6 Å². The first kappa shape index (κ1) is 30.2. The van der Waals surface area contributed by atoms with Crippen LogP contribution in [0.1, 0.15) is 24.0 Å². The van der Waals surface area contributed by atoms with Crippen LogP contribution in [0.5, 0.6) is 0 Å². The number of rotatable bonds is 3. The van der Waals surface area contributed by atoms with Crippen LogP contribution >= 0.6 is 0 Å². The molecule has 1 aliphatic heterocycles. The molecule has 207 valence electrons. The monoisotopic (exact) mass is 724 g/mol. The first-order valence-electron chi connectivity index (χ1n) is 11.4. The van der Waals surface area contributed by atoms with E-state index in [9.17, 15) is 31.1 Å². The van der Waals surface area contributed by atoms with E-state index in [1.807, 2.05) is 0 Å². The summed E-state index contributed by atoms with van der Waals surface area (Å²) in [4.78, 5) is 19.1. The summed E-state index contributed by atoms with van der Waals surface area (Å²) in [5.74, 6) is -0.775. The molecule has 1 atom stereocenters. The number of nitrogens with zero attached hydrogens (tertiary/aromatic N) is 3. The Hall–Kier alpha value is -3.34. The first-order valence-corrected chi connectivity index (χ1v) is 11.4. The van der Waals surface area contributed by atoms with Gasteiger partial charge in [-0.2, -0.15) is 26.3 Å². The van der Waals surface area contributed by atoms with Crippen LogP contribution in [0.2, 0.25) is 0 Å². The van der Waals surface area contributed by atoms with Crippen LogP contribution in [0.15, 0.2) is 66.7 Å². The van der Waals surface area contributed by atoms with E-state index in [2.05, 4.69) is 21.4 Å². The van der Waals surface area contributed by atoms with E-state index >= 15 is 0 Å². The van der Waals surface area contributed by atoms with Gasteiger partial charge in [0.2, 0.25) is 0 Å². The molecule has 4 aromatic rings. The summed E-state index contributed by atoms with van der Waals surface area (Å²) in [5.41, 5.74) is 0.388. The van der Waals surface area contributed by atoms with Crippen molar-refractivity contribution in [2.75, 3.05) is 6.54 Å². The molecule has 1 aromatic heterocycles. The Balaban J connectivity index is 0.000000402. The second kappa shape index (κ2) is 12.2. The van der Waals surface area contributed by atoms with Crippen LogP contribution in [0.4, 0.5) is 26.3 Å². The van der Waals surface area contributed by atoms with E-state index in [1.165, 1.54) is 18.2 Å². The van der Waals surface area contributed by atoms with Crippen molar-refractivity contribution in [2.24, 2.45) is 0 Å². The molecule has 1 fully saturated rings. The number of hydrogen-bond donors (Lipinski definition) is 1. The minimum absolute atomic E-state index is 0. The van der Waals surface area contributed by atoms with Crippen molar-refractivity contribution in [3.8, 4) is 22.5 Å². The number of halogens is 6. The Kier molecular flexibility index (Phi) is 9.47. The van der Waals surface area contributed by atoms with Crippen molar-refractivity contribution in [3.05, 3.63) is 89.2 Å². The number of carboxylic acids is 1. The molecule has 5 nitrogen and oxygen atoms in total. The Labute approximate surface area is 232 Å². The third kappa shape index (κ3) is 7.40. The third-order valence-corrected chi connectivity index (χ3v) is 5.72. The maximum atomic E-state index is 12.9. The molecule has 1 aliphatic rings. The first-order chi connectivity index (χ1) is 17.9. The van der Waals surface area contributed by atoms with Gasteiger partial charge in [0.1, 0.15) is 0 Å². The topological polar surface area (TPSA) is 77.2 Å². The fraction of sp³-hybridized carbons (Fsp3) is 0.222. The zero-order valence-electron chi connectivity index (χ0n) is 19.8. The minimum atomic E-state index is -4.51. The predicted molar refractivity (Wildman–Crippen MR) is 128 cm³/mol. The van der Waals surface area contributed by atoms with Crippen molar-refractivity contribution < 1.29 is 56.3 Å². The van der Waals surface area contributed by atoms with E-state index in [-0.39, 0.29) is 37.1 Å². The van der Waals surface area contributed by atoms with Gasteiger partial charge in [-0.05, 0) is 41.4 Å². The molecule has 3 aromatic carbocycles. The van der Waals surface area contributed by atoms with Gasteiger partial charge in [0.05, 0.1) is 22.3 Å². The second-order valence-corrected chi connectivity index (χ2v) is 8.38. The third-order valence-electron chi connectivity index (χ3n) is 5.72. The molecule has 2 heterocycles. The van der Waals surface area contributed by atoms with Gasteiger partial charge in [0.25, 0.3) is 5.97 Å². The molecule has 1 radical (unpaired) electrons. The molecule has 1 unspecified atom stereocenters. The maximum Gasteiger partial charge on any atom is 0.416 e. The van der Waals surface area contributed by atoms with Crippen molar-refractivity contribution in [1.29, 1.82) is 0 Å². The van der Waals surface area contributed by atoms with Crippen LogP contribution in [0.25, 0.3) is 38.9 Å². The summed E-state index contributed by atoms with van der Waals surface area (Å²) in [5, 5.41) is 12.2. The van der Waals surface area contributed by atoms with Crippen molar-refractivity contribution in [1.82, 2.24) is 9.97 Å². The smallest absolute Gasteiger partial charge is 0.416 e. The normalized spacial score (nSPS) is 15.3. The number of carboxylic acid groups (broad SMARTS) is 1. The number of fused-ring (bicyclic) bond motifs is 1. The van der Waals surface area contributed by atoms with Gasteiger partial charge >= 0.3 is 12.4 Å². The standard InChI is InChI=1S/C22H11F6N2.C5H8NO2.Ir/c23-21(24,25)15-9-5-13(6-10-15)19-20(30-18-4-2-1-3-17(18)29-19)14-7-11-16(12-8-14)22(26,27)28;7-5(8)4-2-1-3-6-4;/h1-7,9-12H;4H,1-3H2,(H,7,8);/q2*-1;. The average molecular weight is 724 g/mol. The van der Waals surface area contributed by atoms with Gasteiger partial charge in [-0.25, -0.2) is 0 Å². The molecule has 1 N–H and O–H groups in total. The fourth-order valence-electron chi connectivity index (χ4n) is 3.78. The molecule has 5 rings (SSSR count). The van der Waals surface area contributed by atoms with Gasteiger partial charge in [-0.1, -0.05) is 37.1 Å². The molecule has 0 aliphatic carbocycles. The summed E-state index contributed by atoms with van der Waals surface area (Å²) in [6.07, 6.45) is -7.33. The van der Waals surface area contributed by atoms with Crippen LogP contribution in [0.3, 0.4) is 0 Å². The quantitative estimate of drug-likeness (QED) is 0.177. The zero-order valence-corrected chi connectivity index (χ0v) is 22.2. The molecule has 0 bridgehead atoms. The van der Waals surface area contributed by atoms with E-state index in [1.54, 1.807) is 24.3 Å². The SMILES string of the molecule is FC(F)(F)c1c[c-]c(-c2nc3ccccc3nc2-c2ccc(C(F)(F)F)cc2)cc1.O=C(O)C1CCC[N-]1.[Ir]. The molecular weight excluding hydrogens is 705 g/mol. The average Bonchev–Trinajstić information content (AvgIpc) is 3.43. The van der Waals surface area contributed by atoms with Gasteiger partial charge in [0, 0.05) is 25.8 Å². The Morgan fingerprint density at radius 2 is 1.41 bits per heavy atom. The number of benzene rings is 3. The second-order valence-electron chi connectivity index (χ2n) is 8.38. The van der Waals surface area contributed by atoms with Gasteiger partial charge < -0.3 is 10.4 Å². The van der Waals surface area contributed by atoms with Crippen LogP contribution in [0, 0.1) is 6.07 Å².